The summed E-state index contributed by atoms with van der Waals surface area (Å²) in [7, 11) is -4.00. The van der Waals surface area contributed by atoms with E-state index in [1.165, 1.54) is 23.1 Å². The number of rotatable bonds is 4. The van der Waals surface area contributed by atoms with Gasteiger partial charge in [0, 0.05) is 32.7 Å². The maximum absolute atomic E-state index is 14.2. The summed E-state index contributed by atoms with van der Waals surface area (Å²) < 4.78 is 36.7. The van der Waals surface area contributed by atoms with Gasteiger partial charge < -0.3 is 4.90 Å². The van der Waals surface area contributed by atoms with Gasteiger partial charge in [-0.25, -0.2) is 17.9 Å². The molecule has 8 heteroatoms. The van der Waals surface area contributed by atoms with E-state index in [0.717, 1.165) is 31.8 Å². The second kappa shape index (κ2) is 6.51. The molecule has 0 bridgehead atoms. The molecule has 25 heavy (non-hydrogen) atoms. The average molecular weight is 366 g/mol. The van der Waals surface area contributed by atoms with Crippen LogP contribution in [0.15, 0.2) is 34.2 Å². The van der Waals surface area contributed by atoms with Crippen molar-refractivity contribution in [2.75, 3.05) is 32.7 Å². The van der Waals surface area contributed by atoms with Crippen molar-refractivity contribution >= 4 is 15.9 Å². The molecule has 0 saturated carbocycles. The van der Waals surface area contributed by atoms with Gasteiger partial charge in [-0.05, 0) is 35.3 Å². The van der Waals surface area contributed by atoms with Crippen LogP contribution >= 0.6 is 0 Å². The van der Waals surface area contributed by atoms with Crippen LogP contribution in [0.2, 0.25) is 0 Å². The molecule has 0 saturated heterocycles. The predicted molar refractivity (Wildman–Crippen MR) is 91.7 cm³/mol. The van der Waals surface area contributed by atoms with Gasteiger partial charge in [0.05, 0.1) is 10.5 Å². The molecule has 1 amide bonds. The number of nitrogens with two attached hydrogens (primary N) is 1. The summed E-state index contributed by atoms with van der Waals surface area (Å²) in [5, 5.41) is 4.98. The first kappa shape index (κ1) is 18.0. The lowest BCUT2D eigenvalue weighted by Gasteiger charge is -2.24. The van der Waals surface area contributed by atoms with Gasteiger partial charge in [0.25, 0.3) is 5.91 Å². The fourth-order valence-electron chi connectivity index (χ4n) is 3.38. The summed E-state index contributed by atoms with van der Waals surface area (Å²) in [6.07, 6.45) is 0. The van der Waals surface area contributed by atoms with E-state index in [0.29, 0.717) is 13.1 Å². The Bertz CT molecular complexity index is 831. The van der Waals surface area contributed by atoms with Crippen molar-refractivity contribution in [1.29, 1.82) is 0 Å². The van der Waals surface area contributed by atoms with Crippen molar-refractivity contribution in [3.8, 4) is 0 Å². The molecule has 0 aliphatic carbocycles. The number of halogens is 1. The number of sulfonamides is 1. The first-order chi connectivity index (χ1) is 11.6. The van der Waals surface area contributed by atoms with E-state index in [2.05, 4.69) is 18.7 Å². The zero-order valence-electron chi connectivity index (χ0n) is 14.3. The van der Waals surface area contributed by atoms with Gasteiger partial charge in [-0.1, -0.05) is 13.8 Å². The minimum absolute atomic E-state index is 0.136. The predicted octanol–water partition coefficient (Wildman–Crippen LogP) is 1.16. The Balaban J connectivity index is 1.69. The van der Waals surface area contributed by atoms with Gasteiger partial charge in [0.15, 0.2) is 0 Å². The number of carbonyl (C=O) groups is 1. The van der Waals surface area contributed by atoms with Crippen LogP contribution in [-0.2, 0) is 10.0 Å². The zero-order valence-corrected chi connectivity index (χ0v) is 15.1. The molecule has 1 aromatic carbocycles. The molecule has 3 rings (SSSR count). The lowest BCUT2D eigenvalue weighted by atomic mass is 10.2. The van der Waals surface area contributed by atoms with Gasteiger partial charge >= 0.3 is 0 Å². The van der Waals surface area contributed by atoms with Crippen LogP contribution in [0, 0.1) is 11.7 Å². The Morgan fingerprint density at radius 2 is 1.76 bits per heavy atom. The SMILES string of the molecule is C[C](C)CN1CC2=C(C1)CN(C(=O)c1ccc(S(N)(=O)=O)cc1F)C2. The lowest BCUT2D eigenvalue weighted by Crippen LogP contribution is -2.35. The monoisotopic (exact) mass is 366 g/mol. The summed E-state index contributed by atoms with van der Waals surface area (Å²) in [6.45, 7) is 7.76. The van der Waals surface area contributed by atoms with Crippen LogP contribution in [-0.4, -0.2) is 56.8 Å². The minimum atomic E-state index is -4.00. The largest absolute Gasteiger partial charge is 0.330 e. The van der Waals surface area contributed by atoms with Crippen LogP contribution in [0.5, 0.6) is 0 Å². The van der Waals surface area contributed by atoms with Crippen LogP contribution in [0.3, 0.4) is 0 Å². The smallest absolute Gasteiger partial charge is 0.257 e. The van der Waals surface area contributed by atoms with E-state index >= 15 is 0 Å². The first-order valence-electron chi connectivity index (χ1n) is 7.98. The zero-order chi connectivity index (χ0) is 18.4. The third kappa shape index (κ3) is 3.75. The highest BCUT2D eigenvalue weighted by molar-refractivity contribution is 7.89. The molecule has 135 valence electrons. The number of carbonyl (C=O) groups excluding carboxylic acids is 1. The van der Waals surface area contributed by atoms with Gasteiger partial charge in [-0.2, -0.15) is 0 Å². The minimum Gasteiger partial charge on any atom is -0.330 e. The quantitative estimate of drug-likeness (QED) is 0.811. The van der Waals surface area contributed by atoms with Crippen molar-refractivity contribution < 1.29 is 17.6 Å². The summed E-state index contributed by atoms with van der Waals surface area (Å²) >= 11 is 0. The van der Waals surface area contributed by atoms with Gasteiger partial charge in [0.1, 0.15) is 5.82 Å². The highest BCUT2D eigenvalue weighted by Crippen LogP contribution is 2.28. The summed E-state index contributed by atoms with van der Waals surface area (Å²) in [5.41, 5.74) is 2.30. The Kier molecular flexibility index (Phi) is 4.70. The number of benzene rings is 1. The molecular formula is C17H21FN3O3S. The molecule has 1 radical (unpaired) electrons. The highest BCUT2D eigenvalue weighted by Gasteiger charge is 2.33. The van der Waals surface area contributed by atoms with Crippen molar-refractivity contribution in [3.05, 3.63) is 46.6 Å². The Morgan fingerprint density at radius 3 is 2.24 bits per heavy atom. The molecule has 0 fully saturated rings. The molecule has 2 N–H and O–H groups in total. The van der Waals surface area contributed by atoms with Crippen LogP contribution in [0.1, 0.15) is 24.2 Å². The molecule has 1 aromatic rings. The van der Waals surface area contributed by atoms with Gasteiger partial charge in [-0.3, -0.25) is 9.69 Å². The molecular weight excluding hydrogens is 345 g/mol. The maximum Gasteiger partial charge on any atom is 0.257 e. The summed E-state index contributed by atoms with van der Waals surface area (Å²) in [5.74, 6) is 0.0326. The number of hydrogen-bond acceptors (Lipinski definition) is 4. The third-order valence-corrected chi connectivity index (χ3v) is 5.33. The average Bonchev–Trinajstić information content (AvgIpc) is 3.02. The second-order valence-corrected chi connectivity index (χ2v) is 8.47. The molecule has 0 atom stereocenters. The molecule has 2 aliphatic rings. The standard InChI is InChI=1S/C17H21FN3O3S/c1-11(2)6-20-7-12-9-21(10-13(12)8-20)17(22)15-4-3-14(5-16(15)18)25(19,23)24/h3-5H,6-10H2,1-2H3,(H2,19,23,24). The third-order valence-electron chi connectivity index (χ3n) is 4.42. The fraction of sp³-hybridized carbons (Fsp3) is 0.412. The Labute approximate surface area is 147 Å². The molecule has 2 aliphatic heterocycles. The van der Waals surface area contributed by atoms with E-state index in [4.69, 9.17) is 5.14 Å². The Hall–Kier alpha value is -1.77. The maximum atomic E-state index is 14.2. The molecule has 0 spiro atoms. The van der Waals surface area contributed by atoms with Crippen molar-refractivity contribution in [1.82, 2.24) is 9.80 Å². The van der Waals surface area contributed by atoms with Crippen LogP contribution in [0.4, 0.5) is 4.39 Å². The highest BCUT2D eigenvalue weighted by atomic mass is 32.2. The number of nitrogens with zero attached hydrogens (tertiary/aromatic N) is 2. The van der Waals surface area contributed by atoms with Crippen molar-refractivity contribution in [3.63, 3.8) is 0 Å². The van der Waals surface area contributed by atoms with E-state index < -0.39 is 21.7 Å². The fourth-order valence-corrected chi connectivity index (χ4v) is 3.90. The van der Waals surface area contributed by atoms with Crippen molar-refractivity contribution in [2.24, 2.45) is 5.14 Å². The van der Waals surface area contributed by atoms with Crippen LogP contribution < -0.4 is 5.14 Å². The van der Waals surface area contributed by atoms with E-state index in [1.807, 2.05) is 0 Å². The van der Waals surface area contributed by atoms with E-state index in [9.17, 15) is 17.6 Å². The first-order valence-corrected chi connectivity index (χ1v) is 9.52. The summed E-state index contributed by atoms with van der Waals surface area (Å²) in [6, 6.07) is 3.13. The lowest BCUT2D eigenvalue weighted by molar-refractivity contribution is 0.0785. The van der Waals surface area contributed by atoms with E-state index in [1.54, 1.807) is 4.90 Å². The molecule has 0 aromatic heterocycles. The Morgan fingerprint density at radius 1 is 1.16 bits per heavy atom. The summed E-state index contributed by atoms with van der Waals surface area (Å²) in [4.78, 5) is 16.2. The normalized spacial score (nSPS) is 18.4. The molecule has 2 heterocycles. The number of amides is 1. The van der Waals surface area contributed by atoms with Crippen molar-refractivity contribution in [2.45, 2.75) is 18.7 Å². The topological polar surface area (TPSA) is 83.7 Å². The van der Waals surface area contributed by atoms with Gasteiger partial charge in [-0.15, -0.1) is 0 Å². The van der Waals surface area contributed by atoms with Crippen LogP contribution in [0.25, 0.3) is 0 Å². The van der Waals surface area contributed by atoms with E-state index in [-0.39, 0.29) is 10.5 Å². The molecule has 6 nitrogen and oxygen atoms in total. The number of primary sulfonamides is 1. The molecule has 0 unspecified atom stereocenters. The van der Waals surface area contributed by atoms with Gasteiger partial charge in [0.2, 0.25) is 10.0 Å². The second-order valence-electron chi connectivity index (χ2n) is 6.91. The number of hydrogen-bond donors (Lipinski definition) is 1.